The average molecular weight is 491 g/mol. The molecule has 26 heavy (non-hydrogen) atoms. The van der Waals surface area contributed by atoms with Gasteiger partial charge in [0.2, 0.25) is 0 Å². The molecule has 2 rings (SSSR count). The van der Waals surface area contributed by atoms with Crippen LogP contribution in [0.15, 0.2) is 40.2 Å². The van der Waals surface area contributed by atoms with Crippen molar-refractivity contribution in [2.75, 3.05) is 65.7 Å². The topological polar surface area (TPSA) is 42.9 Å². The summed E-state index contributed by atoms with van der Waals surface area (Å²) in [5, 5.41) is 6.86. The number of hydrogen-bond acceptors (Lipinski definition) is 4. The van der Waals surface area contributed by atoms with Crippen LogP contribution in [0.5, 0.6) is 0 Å². The Morgan fingerprint density at radius 2 is 1.85 bits per heavy atom. The maximum Gasteiger partial charge on any atom is 0.191 e. The van der Waals surface area contributed by atoms with Crippen molar-refractivity contribution in [1.82, 2.24) is 20.4 Å². The second kappa shape index (κ2) is 13.6. The normalized spacial score (nSPS) is 17.4. The SMILES string of the molecule is CN=C(NCCSc1ccccc1)NCC(C)CN1CCN(C)CC1.I. The smallest absolute Gasteiger partial charge is 0.191 e. The Bertz CT molecular complexity index is 506. The van der Waals surface area contributed by atoms with Crippen LogP contribution in [-0.2, 0) is 0 Å². The van der Waals surface area contributed by atoms with Gasteiger partial charge in [0.15, 0.2) is 5.96 Å². The monoisotopic (exact) mass is 491 g/mol. The summed E-state index contributed by atoms with van der Waals surface area (Å²) in [7, 11) is 4.04. The van der Waals surface area contributed by atoms with E-state index in [0.717, 1.165) is 31.3 Å². The van der Waals surface area contributed by atoms with Gasteiger partial charge in [0.25, 0.3) is 0 Å². The van der Waals surface area contributed by atoms with Gasteiger partial charge in [-0.25, -0.2) is 0 Å². The van der Waals surface area contributed by atoms with E-state index < -0.39 is 0 Å². The van der Waals surface area contributed by atoms with Crippen molar-refractivity contribution in [1.29, 1.82) is 0 Å². The Kier molecular flexibility index (Phi) is 12.3. The van der Waals surface area contributed by atoms with Crippen LogP contribution < -0.4 is 10.6 Å². The number of piperazine rings is 1. The fourth-order valence-corrected chi connectivity index (χ4v) is 3.67. The van der Waals surface area contributed by atoms with Crippen LogP contribution >= 0.6 is 35.7 Å². The van der Waals surface area contributed by atoms with Crippen molar-refractivity contribution in [2.45, 2.75) is 11.8 Å². The third-order valence-electron chi connectivity index (χ3n) is 4.41. The molecule has 1 aromatic carbocycles. The third kappa shape index (κ3) is 9.43. The van der Waals surface area contributed by atoms with Gasteiger partial charge >= 0.3 is 0 Å². The summed E-state index contributed by atoms with van der Waals surface area (Å²) in [6.45, 7) is 10.1. The minimum Gasteiger partial charge on any atom is -0.356 e. The second-order valence-corrected chi connectivity index (χ2v) is 7.92. The quantitative estimate of drug-likeness (QED) is 0.192. The molecule has 0 spiro atoms. The summed E-state index contributed by atoms with van der Waals surface area (Å²) in [6.07, 6.45) is 0. The molecule has 1 heterocycles. The summed E-state index contributed by atoms with van der Waals surface area (Å²) >= 11 is 1.86. The molecular formula is C19H34IN5S. The predicted octanol–water partition coefficient (Wildman–Crippen LogP) is 2.45. The lowest BCUT2D eigenvalue weighted by atomic mass is 10.1. The van der Waals surface area contributed by atoms with Gasteiger partial charge in [0.05, 0.1) is 0 Å². The van der Waals surface area contributed by atoms with E-state index in [1.165, 1.54) is 31.1 Å². The highest BCUT2D eigenvalue weighted by atomic mass is 127. The molecule has 5 nitrogen and oxygen atoms in total. The van der Waals surface area contributed by atoms with Crippen molar-refractivity contribution in [3.63, 3.8) is 0 Å². The molecule has 1 aromatic rings. The minimum atomic E-state index is 0. The minimum absolute atomic E-state index is 0. The maximum atomic E-state index is 4.33. The molecule has 0 saturated carbocycles. The number of nitrogens with zero attached hydrogens (tertiary/aromatic N) is 3. The highest BCUT2D eigenvalue weighted by molar-refractivity contribution is 14.0. The number of benzene rings is 1. The zero-order chi connectivity index (χ0) is 17.9. The van der Waals surface area contributed by atoms with E-state index in [9.17, 15) is 0 Å². The number of aliphatic imine (C=N–C) groups is 1. The third-order valence-corrected chi connectivity index (χ3v) is 5.43. The lowest BCUT2D eigenvalue weighted by Crippen LogP contribution is -2.47. The number of nitrogens with one attached hydrogen (secondary N) is 2. The first kappa shape index (κ1) is 23.5. The molecule has 1 aliphatic heterocycles. The standard InChI is InChI=1S/C19H33N5S.HI/c1-17(16-24-12-10-23(3)11-13-24)15-22-19(20-2)21-9-14-25-18-7-5-4-6-8-18;/h4-8,17H,9-16H2,1-3H3,(H2,20,21,22);1H. The molecule has 0 aromatic heterocycles. The Balaban J connectivity index is 0.00000338. The lowest BCUT2D eigenvalue weighted by molar-refractivity contribution is 0.139. The molecule has 0 amide bonds. The Morgan fingerprint density at radius 3 is 2.50 bits per heavy atom. The molecule has 0 radical (unpaired) electrons. The number of halogens is 1. The molecule has 0 aliphatic carbocycles. The van der Waals surface area contributed by atoms with Gasteiger partial charge in [0, 0.05) is 63.5 Å². The van der Waals surface area contributed by atoms with Crippen molar-refractivity contribution in [2.24, 2.45) is 10.9 Å². The van der Waals surface area contributed by atoms with Crippen molar-refractivity contribution < 1.29 is 0 Å². The van der Waals surface area contributed by atoms with E-state index in [1.807, 2.05) is 18.8 Å². The van der Waals surface area contributed by atoms with Gasteiger partial charge in [0.1, 0.15) is 0 Å². The van der Waals surface area contributed by atoms with E-state index in [-0.39, 0.29) is 24.0 Å². The zero-order valence-electron chi connectivity index (χ0n) is 16.3. The number of likely N-dealkylation sites (N-methyl/N-ethyl adjacent to an activating group) is 1. The van der Waals surface area contributed by atoms with E-state index in [2.05, 4.69) is 69.7 Å². The van der Waals surface area contributed by atoms with Gasteiger partial charge in [-0.15, -0.1) is 35.7 Å². The van der Waals surface area contributed by atoms with Crippen molar-refractivity contribution >= 4 is 41.7 Å². The highest BCUT2D eigenvalue weighted by Gasteiger charge is 2.16. The van der Waals surface area contributed by atoms with Gasteiger partial charge in [-0.3, -0.25) is 4.99 Å². The highest BCUT2D eigenvalue weighted by Crippen LogP contribution is 2.15. The first-order valence-electron chi connectivity index (χ1n) is 9.20. The van der Waals surface area contributed by atoms with Crippen LogP contribution in [0, 0.1) is 5.92 Å². The summed E-state index contributed by atoms with van der Waals surface area (Å²) in [5.41, 5.74) is 0. The Morgan fingerprint density at radius 1 is 1.15 bits per heavy atom. The van der Waals surface area contributed by atoms with Gasteiger partial charge in [-0.05, 0) is 25.1 Å². The summed E-state index contributed by atoms with van der Waals surface area (Å²) < 4.78 is 0. The van der Waals surface area contributed by atoms with Crippen LogP contribution in [0.1, 0.15) is 6.92 Å². The first-order valence-corrected chi connectivity index (χ1v) is 10.2. The molecule has 1 fully saturated rings. The lowest BCUT2D eigenvalue weighted by Gasteiger charge is -2.34. The summed E-state index contributed by atoms with van der Waals surface area (Å²) in [4.78, 5) is 10.6. The van der Waals surface area contributed by atoms with Crippen LogP contribution in [0.3, 0.4) is 0 Å². The Hall–Kier alpha value is -0.510. The molecule has 148 valence electrons. The largest absolute Gasteiger partial charge is 0.356 e. The van der Waals surface area contributed by atoms with E-state index in [0.29, 0.717) is 5.92 Å². The fourth-order valence-electron chi connectivity index (χ4n) is 2.88. The molecule has 2 N–H and O–H groups in total. The molecule has 1 aliphatic rings. The number of thioether (sulfide) groups is 1. The number of rotatable bonds is 8. The van der Waals surface area contributed by atoms with Crippen LogP contribution in [0.25, 0.3) is 0 Å². The second-order valence-electron chi connectivity index (χ2n) is 6.75. The fraction of sp³-hybridized carbons (Fsp3) is 0.632. The van der Waals surface area contributed by atoms with E-state index >= 15 is 0 Å². The summed E-state index contributed by atoms with van der Waals surface area (Å²) in [6, 6.07) is 10.5. The Labute approximate surface area is 180 Å². The van der Waals surface area contributed by atoms with Crippen LogP contribution in [0.2, 0.25) is 0 Å². The summed E-state index contributed by atoms with van der Waals surface area (Å²) in [5.74, 6) is 2.54. The zero-order valence-corrected chi connectivity index (χ0v) is 19.4. The van der Waals surface area contributed by atoms with Crippen molar-refractivity contribution in [3.8, 4) is 0 Å². The van der Waals surface area contributed by atoms with Gasteiger partial charge in [-0.1, -0.05) is 25.1 Å². The van der Waals surface area contributed by atoms with E-state index in [4.69, 9.17) is 0 Å². The predicted molar refractivity (Wildman–Crippen MR) is 125 cm³/mol. The number of guanidine groups is 1. The van der Waals surface area contributed by atoms with Gasteiger partial charge < -0.3 is 20.4 Å². The molecule has 0 bridgehead atoms. The van der Waals surface area contributed by atoms with Gasteiger partial charge in [-0.2, -0.15) is 0 Å². The van der Waals surface area contributed by atoms with Crippen molar-refractivity contribution in [3.05, 3.63) is 30.3 Å². The maximum absolute atomic E-state index is 4.33. The molecule has 7 heteroatoms. The molecule has 1 atom stereocenters. The van der Waals surface area contributed by atoms with Crippen LogP contribution in [-0.4, -0.2) is 81.4 Å². The number of hydrogen-bond donors (Lipinski definition) is 2. The molecular weight excluding hydrogens is 457 g/mol. The molecule has 1 unspecified atom stereocenters. The average Bonchev–Trinajstić information content (AvgIpc) is 2.64. The van der Waals surface area contributed by atoms with Crippen LogP contribution in [0.4, 0.5) is 0 Å². The first-order chi connectivity index (χ1) is 12.2. The van der Waals surface area contributed by atoms with E-state index in [1.54, 1.807) is 0 Å². The molecule has 1 saturated heterocycles.